The van der Waals surface area contributed by atoms with Gasteiger partial charge in [0.15, 0.2) is 0 Å². The molecule has 3 nitrogen and oxygen atoms in total. The summed E-state index contributed by atoms with van der Waals surface area (Å²) in [5.74, 6) is 0.0541. The van der Waals surface area contributed by atoms with E-state index in [0.717, 1.165) is 9.88 Å². The van der Waals surface area contributed by atoms with E-state index in [1.54, 1.807) is 23.6 Å². The monoisotopic (exact) mass is 224 g/mol. The number of nitrogens with zero attached hydrogens (tertiary/aromatic N) is 2. The third kappa shape index (κ3) is 2.73. The van der Waals surface area contributed by atoms with Gasteiger partial charge in [0.1, 0.15) is 12.4 Å². The van der Waals surface area contributed by atoms with Crippen LogP contribution in [0.3, 0.4) is 0 Å². The summed E-state index contributed by atoms with van der Waals surface area (Å²) in [4.78, 5) is 8.64. The van der Waals surface area contributed by atoms with Crippen LogP contribution >= 0.6 is 11.3 Å². The third-order valence-corrected chi connectivity index (χ3v) is 2.64. The summed E-state index contributed by atoms with van der Waals surface area (Å²) >= 11 is 1.58. The van der Waals surface area contributed by atoms with Crippen molar-refractivity contribution in [3.63, 3.8) is 0 Å². The fourth-order valence-corrected chi connectivity index (χ4v) is 1.78. The van der Waals surface area contributed by atoms with Gasteiger partial charge < -0.3 is 4.74 Å². The van der Waals surface area contributed by atoms with Gasteiger partial charge in [-0.25, -0.2) is 9.97 Å². The standard InChI is InChI=1S/C10H9FN2OS/c1-7-12-5-9(15-7)6-14-8-2-3-10(11)13-4-8/h2-5H,6H2,1H3. The number of hydrogen-bond donors (Lipinski definition) is 0. The van der Waals surface area contributed by atoms with Crippen molar-refractivity contribution >= 4 is 11.3 Å². The number of ether oxygens (including phenoxy) is 1. The molecule has 2 heterocycles. The Bertz CT molecular complexity index is 441. The molecule has 0 amide bonds. The molecule has 0 bridgehead atoms. The Balaban J connectivity index is 1.96. The fourth-order valence-electron chi connectivity index (χ4n) is 1.07. The zero-order valence-corrected chi connectivity index (χ0v) is 8.92. The number of thiazole rings is 1. The van der Waals surface area contributed by atoms with Crippen molar-refractivity contribution in [2.45, 2.75) is 13.5 Å². The van der Waals surface area contributed by atoms with Gasteiger partial charge in [-0.2, -0.15) is 4.39 Å². The Labute approximate surface area is 90.6 Å². The molecule has 15 heavy (non-hydrogen) atoms. The van der Waals surface area contributed by atoms with Crippen molar-refractivity contribution in [2.75, 3.05) is 0 Å². The van der Waals surface area contributed by atoms with Crippen molar-refractivity contribution in [2.24, 2.45) is 0 Å². The lowest BCUT2D eigenvalue weighted by molar-refractivity contribution is 0.307. The Morgan fingerprint density at radius 1 is 1.33 bits per heavy atom. The summed E-state index contributed by atoms with van der Waals surface area (Å²) in [5, 5.41) is 1.01. The molecule has 0 fully saturated rings. The molecular weight excluding hydrogens is 215 g/mol. The quantitative estimate of drug-likeness (QED) is 0.751. The van der Waals surface area contributed by atoms with Crippen LogP contribution in [0.15, 0.2) is 24.5 Å². The number of hydrogen-bond acceptors (Lipinski definition) is 4. The highest BCUT2D eigenvalue weighted by Crippen LogP contribution is 2.15. The highest BCUT2D eigenvalue weighted by Gasteiger charge is 2.00. The molecule has 2 aromatic rings. The van der Waals surface area contributed by atoms with E-state index in [9.17, 15) is 4.39 Å². The Morgan fingerprint density at radius 3 is 2.80 bits per heavy atom. The lowest BCUT2D eigenvalue weighted by atomic mass is 10.4. The van der Waals surface area contributed by atoms with E-state index in [1.807, 2.05) is 6.92 Å². The lowest BCUT2D eigenvalue weighted by Gasteiger charge is -2.02. The van der Waals surface area contributed by atoms with Crippen LogP contribution in [0.1, 0.15) is 9.88 Å². The average Bonchev–Trinajstić information content (AvgIpc) is 2.64. The van der Waals surface area contributed by atoms with E-state index < -0.39 is 5.95 Å². The van der Waals surface area contributed by atoms with Crippen molar-refractivity contribution in [3.8, 4) is 5.75 Å². The van der Waals surface area contributed by atoms with Crippen LogP contribution in [0.5, 0.6) is 5.75 Å². The van der Waals surface area contributed by atoms with E-state index in [2.05, 4.69) is 9.97 Å². The van der Waals surface area contributed by atoms with E-state index >= 15 is 0 Å². The first-order valence-corrected chi connectivity index (χ1v) is 5.21. The minimum atomic E-state index is -0.504. The average molecular weight is 224 g/mol. The minimum absolute atomic E-state index is 0.443. The van der Waals surface area contributed by atoms with Gasteiger partial charge >= 0.3 is 0 Å². The van der Waals surface area contributed by atoms with Gasteiger partial charge in [-0.05, 0) is 19.1 Å². The molecule has 2 rings (SSSR count). The lowest BCUT2D eigenvalue weighted by Crippen LogP contribution is -1.93. The van der Waals surface area contributed by atoms with Crippen LogP contribution in [0.25, 0.3) is 0 Å². The molecule has 5 heteroatoms. The van der Waals surface area contributed by atoms with Gasteiger partial charge in [0, 0.05) is 6.20 Å². The predicted molar refractivity (Wildman–Crippen MR) is 55.4 cm³/mol. The van der Waals surface area contributed by atoms with Crippen LogP contribution in [0.2, 0.25) is 0 Å². The second-order valence-electron chi connectivity index (χ2n) is 2.95. The van der Waals surface area contributed by atoms with Crippen LogP contribution in [0.4, 0.5) is 4.39 Å². The molecule has 0 aliphatic rings. The number of aryl methyl sites for hydroxylation is 1. The Morgan fingerprint density at radius 2 is 2.20 bits per heavy atom. The maximum atomic E-state index is 12.5. The zero-order chi connectivity index (χ0) is 10.7. The molecule has 0 aliphatic carbocycles. The van der Waals surface area contributed by atoms with Gasteiger partial charge in [-0.15, -0.1) is 11.3 Å². The maximum absolute atomic E-state index is 12.5. The summed E-state index contributed by atoms with van der Waals surface area (Å²) < 4.78 is 17.9. The Kier molecular flexibility index (Phi) is 2.91. The van der Waals surface area contributed by atoms with E-state index in [4.69, 9.17) is 4.74 Å². The Hall–Kier alpha value is -1.49. The fraction of sp³-hybridized carbons (Fsp3) is 0.200. The molecule has 0 unspecified atom stereocenters. The summed E-state index contributed by atoms with van der Waals surface area (Å²) in [5.41, 5.74) is 0. The SMILES string of the molecule is Cc1ncc(COc2ccc(F)nc2)s1. The molecule has 0 radical (unpaired) electrons. The smallest absolute Gasteiger partial charge is 0.213 e. The first-order chi connectivity index (χ1) is 7.24. The maximum Gasteiger partial charge on any atom is 0.213 e. The van der Waals surface area contributed by atoms with Gasteiger partial charge in [-0.1, -0.05) is 0 Å². The van der Waals surface area contributed by atoms with Crippen LogP contribution < -0.4 is 4.74 Å². The second kappa shape index (κ2) is 4.35. The number of pyridine rings is 1. The van der Waals surface area contributed by atoms with Crippen LogP contribution in [0, 0.1) is 12.9 Å². The summed E-state index contributed by atoms with van der Waals surface area (Å²) in [6.45, 7) is 2.38. The highest BCUT2D eigenvalue weighted by molar-refractivity contribution is 7.11. The van der Waals surface area contributed by atoms with Crippen molar-refractivity contribution < 1.29 is 9.13 Å². The molecule has 0 saturated heterocycles. The molecule has 78 valence electrons. The highest BCUT2D eigenvalue weighted by atomic mass is 32.1. The number of halogens is 1. The normalized spacial score (nSPS) is 10.3. The molecular formula is C10H9FN2OS. The molecule has 2 aromatic heterocycles. The predicted octanol–water partition coefficient (Wildman–Crippen LogP) is 2.56. The molecule has 0 N–H and O–H groups in total. The molecule has 0 saturated carbocycles. The first kappa shape index (κ1) is 10.0. The summed E-state index contributed by atoms with van der Waals surface area (Å²) in [6, 6.07) is 2.82. The molecule has 0 aliphatic heterocycles. The van der Waals surface area contributed by atoms with E-state index in [-0.39, 0.29) is 0 Å². The molecule has 0 spiro atoms. The number of aromatic nitrogens is 2. The van der Waals surface area contributed by atoms with E-state index in [1.165, 1.54) is 12.3 Å². The van der Waals surface area contributed by atoms with Crippen molar-refractivity contribution in [3.05, 3.63) is 40.4 Å². The minimum Gasteiger partial charge on any atom is -0.486 e. The topological polar surface area (TPSA) is 35.0 Å². The molecule has 0 aromatic carbocycles. The van der Waals surface area contributed by atoms with Gasteiger partial charge in [0.05, 0.1) is 16.1 Å². The van der Waals surface area contributed by atoms with Gasteiger partial charge in [0.25, 0.3) is 0 Å². The van der Waals surface area contributed by atoms with Crippen molar-refractivity contribution in [1.82, 2.24) is 9.97 Å². The van der Waals surface area contributed by atoms with Gasteiger partial charge in [0.2, 0.25) is 5.95 Å². The van der Waals surface area contributed by atoms with E-state index in [0.29, 0.717) is 12.4 Å². The number of rotatable bonds is 3. The third-order valence-electron chi connectivity index (χ3n) is 1.75. The summed E-state index contributed by atoms with van der Waals surface area (Å²) in [6.07, 6.45) is 3.14. The largest absolute Gasteiger partial charge is 0.486 e. The van der Waals surface area contributed by atoms with Gasteiger partial charge in [-0.3, -0.25) is 0 Å². The second-order valence-corrected chi connectivity index (χ2v) is 4.27. The molecule has 0 atom stereocenters. The zero-order valence-electron chi connectivity index (χ0n) is 8.11. The van der Waals surface area contributed by atoms with Crippen molar-refractivity contribution in [1.29, 1.82) is 0 Å². The summed E-state index contributed by atoms with van der Waals surface area (Å²) in [7, 11) is 0. The van der Waals surface area contributed by atoms with Crippen LogP contribution in [-0.4, -0.2) is 9.97 Å². The first-order valence-electron chi connectivity index (χ1n) is 4.40. The van der Waals surface area contributed by atoms with Crippen LogP contribution in [-0.2, 0) is 6.61 Å².